The summed E-state index contributed by atoms with van der Waals surface area (Å²) in [5.41, 5.74) is 2.98. The third kappa shape index (κ3) is 4.71. The molecule has 3 aromatic carbocycles. The summed E-state index contributed by atoms with van der Waals surface area (Å²) in [7, 11) is -2.17. The first-order valence-corrected chi connectivity index (χ1v) is 12.8. The highest BCUT2D eigenvalue weighted by Gasteiger charge is 2.29. The molecule has 0 saturated carbocycles. The molecule has 0 amide bonds. The lowest BCUT2D eigenvalue weighted by molar-refractivity contribution is 0.415. The molecule has 0 unspecified atom stereocenters. The maximum Gasteiger partial charge on any atom is 0.181 e. The fourth-order valence-electron chi connectivity index (χ4n) is 4.33. The number of nitrogens with zero attached hydrogens (tertiary/aromatic N) is 1. The van der Waals surface area contributed by atoms with Crippen molar-refractivity contribution in [1.29, 1.82) is 0 Å². The van der Waals surface area contributed by atoms with Crippen LogP contribution in [0.25, 0.3) is 10.9 Å². The Labute approximate surface area is 198 Å². The van der Waals surface area contributed by atoms with Gasteiger partial charge in [-0.1, -0.05) is 50.2 Å². The van der Waals surface area contributed by atoms with E-state index in [2.05, 4.69) is 0 Å². The van der Waals surface area contributed by atoms with Gasteiger partial charge in [0.2, 0.25) is 0 Å². The SMILES string of the molecule is COc1ccc2c(S(=O)(=O)CCc3ccc(F)c(F)c3)c(C(C)C)n(Cc3ccccc3)c2c1. The van der Waals surface area contributed by atoms with Crippen LogP contribution in [-0.2, 0) is 22.8 Å². The van der Waals surface area contributed by atoms with Crippen molar-refractivity contribution >= 4 is 20.7 Å². The van der Waals surface area contributed by atoms with E-state index in [9.17, 15) is 17.2 Å². The van der Waals surface area contributed by atoms with Gasteiger partial charge in [0, 0.05) is 23.7 Å². The summed E-state index contributed by atoms with van der Waals surface area (Å²) in [6, 6.07) is 18.8. The van der Waals surface area contributed by atoms with E-state index in [1.54, 1.807) is 19.2 Å². The standard InChI is InChI=1S/C27H27F2NO3S/c1-18(2)26-27(34(31,32)14-13-19-9-12-23(28)24(29)15-19)22-11-10-21(33-3)16-25(22)30(26)17-20-7-5-4-6-8-20/h4-12,15-16,18H,13-14,17H2,1-3H3. The van der Waals surface area contributed by atoms with E-state index in [0.29, 0.717) is 28.1 Å². The van der Waals surface area contributed by atoms with Crippen LogP contribution in [0.3, 0.4) is 0 Å². The quantitative estimate of drug-likeness (QED) is 0.304. The molecule has 0 fully saturated rings. The van der Waals surface area contributed by atoms with E-state index < -0.39 is 21.5 Å². The lowest BCUT2D eigenvalue weighted by Crippen LogP contribution is -2.14. The molecule has 0 saturated heterocycles. The molecular formula is C27H27F2NO3S. The lowest BCUT2D eigenvalue weighted by atomic mass is 10.1. The number of benzene rings is 3. The van der Waals surface area contributed by atoms with Gasteiger partial charge in [0.05, 0.1) is 23.3 Å². The number of sulfone groups is 1. The fourth-order valence-corrected chi connectivity index (χ4v) is 6.21. The van der Waals surface area contributed by atoms with Crippen molar-refractivity contribution in [3.63, 3.8) is 0 Å². The first kappa shape index (κ1) is 24.0. The van der Waals surface area contributed by atoms with Gasteiger partial charge in [0.25, 0.3) is 0 Å². The number of hydrogen-bond acceptors (Lipinski definition) is 3. The van der Waals surface area contributed by atoms with Crippen molar-refractivity contribution in [1.82, 2.24) is 4.57 Å². The number of aromatic nitrogens is 1. The normalized spacial score (nSPS) is 11.9. The van der Waals surface area contributed by atoms with Crippen molar-refractivity contribution < 1.29 is 21.9 Å². The van der Waals surface area contributed by atoms with Crippen LogP contribution in [0, 0.1) is 11.6 Å². The fraction of sp³-hybridized carbons (Fsp3) is 0.259. The largest absolute Gasteiger partial charge is 0.497 e. The van der Waals surface area contributed by atoms with Crippen LogP contribution in [0.1, 0.15) is 36.6 Å². The molecule has 1 heterocycles. The van der Waals surface area contributed by atoms with Gasteiger partial charge in [-0.15, -0.1) is 0 Å². The Balaban J connectivity index is 1.85. The first-order valence-electron chi connectivity index (χ1n) is 11.1. The number of ether oxygens (including phenoxy) is 1. The highest BCUT2D eigenvalue weighted by molar-refractivity contribution is 7.91. The molecule has 7 heteroatoms. The van der Waals surface area contributed by atoms with Gasteiger partial charge in [0.15, 0.2) is 21.5 Å². The van der Waals surface area contributed by atoms with Crippen LogP contribution in [0.15, 0.2) is 71.6 Å². The summed E-state index contributed by atoms with van der Waals surface area (Å²) in [5, 5.41) is 0.630. The highest BCUT2D eigenvalue weighted by Crippen LogP contribution is 2.37. The number of hydrogen-bond donors (Lipinski definition) is 0. The van der Waals surface area contributed by atoms with E-state index >= 15 is 0 Å². The van der Waals surface area contributed by atoms with Crippen molar-refractivity contribution in [3.05, 3.63) is 95.2 Å². The second-order valence-corrected chi connectivity index (χ2v) is 10.7. The monoisotopic (exact) mass is 483 g/mol. The summed E-state index contributed by atoms with van der Waals surface area (Å²) in [5.74, 6) is -1.58. The molecule has 0 aliphatic heterocycles. The molecule has 0 aliphatic carbocycles. The van der Waals surface area contributed by atoms with Crippen LogP contribution in [-0.4, -0.2) is 25.8 Å². The molecule has 4 rings (SSSR count). The van der Waals surface area contributed by atoms with Crippen LogP contribution in [0.5, 0.6) is 5.75 Å². The third-order valence-corrected chi connectivity index (χ3v) is 7.74. The molecule has 34 heavy (non-hydrogen) atoms. The zero-order valence-electron chi connectivity index (χ0n) is 19.4. The van der Waals surface area contributed by atoms with E-state index in [0.717, 1.165) is 28.9 Å². The summed E-state index contributed by atoms with van der Waals surface area (Å²) in [6.45, 7) is 4.46. The number of methoxy groups -OCH3 is 1. The minimum atomic E-state index is -3.75. The van der Waals surface area contributed by atoms with E-state index in [4.69, 9.17) is 4.74 Å². The number of rotatable bonds is 8. The van der Waals surface area contributed by atoms with Gasteiger partial charge < -0.3 is 9.30 Å². The zero-order chi connectivity index (χ0) is 24.5. The maximum absolute atomic E-state index is 13.7. The summed E-state index contributed by atoms with van der Waals surface area (Å²) >= 11 is 0. The predicted octanol–water partition coefficient (Wildman–Crippen LogP) is 6.12. The first-order chi connectivity index (χ1) is 16.2. The molecule has 0 bridgehead atoms. The van der Waals surface area contributed by atoms with Gasteiger partial charge in [-0.25, -0.2) is 17.2 Å². The molecule has 0 radical (unpaired) electrons. The highest BCUT2D eigenvalue weighted by atomic mass is 32.2. The van der Waals surface area contributed by atoms with Gasteiger partial charge in [0.1, 0.15) is 5.75 Å². The van der Waals surface area contributed by atoms with Crippen molar-refractivity contribution in [3.8, 4) is 5.75 Å². The van der Waals surface area contributed by atoms with Gasteiger partial charge in [-0.05, 0) is 47.7 Å². The van der Waals surface area contributed by atoms with Gasteiger partial charge >= 0.3 is 0 Å². The van der Waals surface area contributed by atoms with E-state index in [-0.39, 0.29) is 18.1 Å². The van der Waals surface area contributed by atoms with Crippen LogP contribution in [0.4, 0.5) is 8.78 Å². The van der Waals surface area contributed by atoms with Gasteiger partial charge in [-0.3, -0.25) is 0 Å². The Kier molecular flexibility index (Phi) is 6.75. The van der Waals surface area contributed by atoms with E-state index in [1.807, 2.05) is 54.8 Å². The summed E-state index contributed by atoms with van der Waals surface area (Å²) in [6.07, 6.45) is 0.0819. The van der Waals surface area contributed by atoms with Crippen molar-refractivity contribution in [2.24, 2.45) is 0 Å². The predicted molar refractivity (Wildman–Crippen MR) is 130 cm³/mol. The second-order valence-electron chi connectivity index (χ2n) is 8.64. The number of fused-ring (bicyclic) bond motifs is 1. The van der Waals surface area contributed by atoms with Crippen molar-refractivity contribution in [2.45, 2.75) is 37.6 Å². The minimum Gasteiger partial charge on any atom is -0.497 e. The molecule has 1 aromatic heterocycles. The third-order valence-electron chi connectivity index (χ3n) is 5.95. The lowest BCUT2D eigenvalue weighted by Gasteiger charge is -2.16. The second kappa shape index (κ2) is 9.58. The van der Waals surface area contributed by atoms with Crippen LogP contribution >= 0.6 is 0 Å². The Hall–Kier alpha value is -3.19. The molecular weight excluding hydrogens is 456 g/mol. The Morgan fingerprint density at radius 2 is 1.65 bits per heavy atom. The average Bonchev–Trinajstić information content (AvgIpc) is 3.15. The molecule has 4 nitrogen and oxygen atoms in total. The summed E-state index contributed by atoms with van der Waals surface area (Å²) in [4.78, 5) is 0.290. The van der Waals surface area contributed by atoms with Crippen LogP contribution < -0.4 is 4.74 Å². The summed E-state index contributed by atoms with van der Waals surface area (Å²) < 4.78 is 61.8. The number of aryl methyl sites for hydroxylation is 1. The van der Waals surface area contributed by atoms with E-state index in [1.165, 1.54) is 6.07 Å². The van der Waals surface area contributed by atoms with Gasteiger partial charge in [-0.2, -0.15) is 0 Å². The minimum absolute atomic E-state index is 0.0739. The Morgan fingerprint density at radius 1 is 0.912 bits per heavy atom. The molecule has 0 N–H and O–H groups in total. The smallest absolute Gasteiger partial charge is 0.181 e. The molecule has 0 spiro atoms. The zero-order valence-corrected chi connectivity index (χ0v) is 20.2. The molecule has 178 valence electrons. The van der Waals surface area contributed by atoms with Crippen molar-refractivity contribution in [2.75, 3.05) is 12.9 Å². The molecule has 0 atom stereocenters. The topological polar surface area (TPSA) is 48.3 Å². The number of halogens is 2. The average molecular weight is 484 g/mol. The van der Waals surface area contributed by atoms with Crippen LogP contribution in [0.2, 0.25) is 0 Å². The molecule has 4 aromatic rings. The maximum atomic E-state index is 13.7. The Morgan fingerprint density at radius 3 is 2.29 bits per heavy atom. The Bertz CT molecular complexity index is 1430. The molecule has 0 aliphatic rings.